The van der Waals surface area contributed by atoms with Crippen molar-refractivity contribution in [2.24, 2.45) is 0 Å². The van der Waals surface area contributed by atoms with Crippen LogP contribution in [0.1, 0.15) is 24.0 Å². The Morgan fingerprint density at radius 1 is 0.941 bits per heavy atom. The average Bonchev–Trinajstić information content (AvgIpc) is 2.85. The molecule has 2 atom stereocenters. The van der Waals surface area contributed by atoms with Gasteiger partial charge in [0, 0.05) is 6.42 Å². The van der Waals surface area contributed by atoms with E-state index in [0.29, 0.717) is 24.3 Å². The number of nitrogens with zero attached hydrogens (tertiary/aromatic N) is 1. The maximum Gasteiger partial charge on any atom is 0.348 e. The number of halogens is 1. The Bertz CT molecular complexity index is 993. The van der Waals surface area contributed by atoms with Crippen molar-refractivity contribution in [2.75, 3.05) is 33.3 Å². The molecule has 6 heteroatoms. The number of rotatable bonds is 8. The van der Waals surface area contributed by atoms with Gasteiger partial charge in [-0.2, -0.15) is 0 Å². The lowest BCUT2D eigenvalue weighted by Crippen LogP contribution is -3.00. The molecule has 0 aromatic heterocycles. The summed E-state index contributed by atoms with van der Waals surface area (Å²) < 4.78 is 12.6. The zero-order valence-electron chi connectivity index (χ0n) is 19.5. The van der Waals surface area contributed by atoms with Gasteiger partial charge in [0.05, 0.1) is 13.6 Å². The second-order valence-corrected chi connectivity index (χ2v) is 9.02. The molecular weight excluding hydrogens is 494 g/mol. The quantitative estimate of drug-likeness (QED) is 0.354. The van der Waals surface area contributed by atoms with Gasteiger partial charge in [-0.05, 0) is 29.7 Å². The largest absolute Gasteiger partial charge is 1.00 e. The van der Waals surface area contributed by atoms with E-state index >= 15 is 0 Å². The van der Waals surface area contributed by atoms with E-state index in [2.05, 4.69) is 7.05 Å². The predicted octanol–water partition coefficient (Wildman–Crippen LogP) is 1.16. The van der Waals surface area contributed by atoms with Crippen LogP contribution in [0.2, 0.25) is 0 Å². The van der Waals surface area contributed by atoms with Crippen molar-refractivity contribution < 1.29 is 40.8 Å². The molecule has 0 aliphatic carbocycles. The fourth-order valence-corrected chi connectivity index (χ4v) is 4.57. The Morgan fingerprint density at radius 2 is 1.47 bits per heavy atom. The molecule has 0 bridgehead atoms. The summed E-state index contributed by atoms with van der Waals surface area (Å²) in [6, 6.07) is 27.8. The summed E-state index contributed by atoms with van der Waals surface area (Å²) >= 11 is 0. The third-order valence-electron chi connectivity index (χ3n) is 6.46. The van der Waals surface area contributed by atoms with Gasteiger partial charge in [-0.15, -0.1) is 0 Å². The highest BCUT2D eigenvalue weighted by atomic mass is 79.9. The number of carbonyl (C=O) groups is 1. The molecule has 5 nitrogen and oxygen atoms in total. The summed E-state index contributed by atoms with van der Waals surface area (Å²) in [7, 11) is 2.18. The van der Waals surface area contributed by atoms with Gasteiger partial charge in [0.25, 0.3) is 0 Å². The number of piperidine rings is 1. The standard InChI is InChI=1S/C28H32NO4.BrH/c1-29(20-21-32-25-16-9-4-10-17-25)19-11-18-26(22-29)33-27(30)28(31,23-12-5-2-6-13-23)24-14-7-3-8-15-24;/h2-10,12-17,26,31H,11,18-22H2,1H3;1H/q+1;/p-1/t26-,29+;/m1./s1. The zero-order valence-corrected chi connectivity index (χ0v) is 21.1. The maximum atomic E-state index is 13.4. The van der Waals surface area contributed by atoms with E-state index in [1.807, 2.05) is 66.7 Å². The number of para-hydroxylation sites is 1. The van der Waals surface area contributed by atoms with Crippen molar-refractivity contribution in [3.63, 3.8) is 0 Å². The van der Waals surface area contributed by atoms with Crippen molar-refractivity contribution >= 4 is 5.97 Å². The normalized spacial score (nSPS) is 20.1. The van der Waals surface area contributed by atoms with Crippen molar-refractivity contribution in [1.82, 2.24) is 0 Å². The van der Waals surface area contributed by atoms with Gasteiger partial charge in [0.15, 0.2) is 6.10 Å². The van der Waals surface area contributed by atoms with Gasteiger partial charge in [-0.3, -0.25) is 0 Å². The minimum Gasteiger partial charge on any atom is -1.00 e. The number of aliphatic hydroxyl groups is 1. The van der Waals surface area contributed by atoms with E-state index in [1.165, 1.54) is 0 Å². The van der Waals surface area contributed by atoms with Crippen LogP contribution in [0.5, 0.6) is 5.75 Å². The van der Waals surface area contributed by atoms with Crippen LogP contribution in [0, 0.1) is 0 Å². The lowest BCUT2D eigenvalue weighted by atomic mass is 9.86. The summed E-state index contributed by atoms with van der Waals surface area (Å²) in [6.45, 7) is 3.13. The van der Waals surface area contributed by atoms with Crippen molar-refractivity contribution in [1.29, 1.82) is 0 Å². The minimum absolute atomic E-state index is 0. The molecule has 3 aromatic carbocycles. The first-order chi connectivity index (χ1) is 16.0. The van der Waals surface area contributed by atoms with E-state index in [0.717, 1.165) is 36.2 Å². The number of esters is 1. The fraction of sp³-hybridized carbons (Fsp3) is 0.321. The predicted molar refractivity (Wildman–Crippen MR) is 128 cm³/mol. The molecule has 0 unspecified atom stereocenters. The molecule has 1 aliphatic rings. The molecule has 4 rings (SSSR count). The topological polar surface area (TPSA) is 55.8 Å². The highest BCUT2D eigenvalue weighted by molar-refractivity contribution is 5.85. The van der Waals surface area contributed by atoms with E-state index in [1.54, 1.807) is 24.3 Å². The molecule has 0 saturated carbocycles. The summed E-state index contributed by atoms with van der Waals surface area (Å²) in [5.74, 6) is 0.235. The second-order valence-electron chi connectivity index (χ2n) is 9.02. The third kappa shape index (κ3) is 6.06. The van der Waals surface area contributed by atoms with Gasteiger partial charge in [-0.25, -0.2) is 4.79 Å². The molecule has 1 fully saturated rings. The number of likely N-dealkylation sites (N-methyl/N-ethyl adjacent to an activating group) is 1. The summed E-state index contributed by atoms with van der Waals surface area (Å²) in [4.78, 5) is 13.4. The smallest absolute Gasteiger partial charge is 0.348 e. The highest BCUT2D eigenvalue weighted by Crippen LogP contribution is 2.32. The highest BCUT2D eigenvalue weighted by Gasteiger charge is 2.44. The molecule has 1 heterocycles. The van der Waals surface area contributed by atoms with E-state index in [4.69, 9.17) is 9.47 Å². The maximum absolute atomic E-state index is 13.4. The molecule has 0 amide bonds. The van der Waals surface area contributed by atoms with E-state index in [9.17, 15) is 9.90 Å². The Morgan fingerprint density at radius 3 is 2.03 bits per heavy atom. The van der Waals surface area contributed by atoms with Crippen LogP contribution in [-0.2, 0) is 15.1 Å². The first kappa shape index (κ1) is 25.9. The SMILES string of the molecule is C[N@@+]1(CCOc2ccccc2)CCC[C@@H](OC(=O)C(O)(c2ccccc2)c2ccccc2)C1.[Br-]. The number of hydrogen-bond acceptors (Lipinski definition) is 4. The number of hydrogen-bond donors (Lipinski definition) is 1. The van der Waals surface area contributed by atoms with Crippen LogP contribution in [0.4, 0.5) is 0 Å². The van der Waals surface area contributed by atoms with Crippen LogP contribution >= 0.6 is 0 Å². The Balaban J connectivity index is 0.00000324. The lowest BCUT2D eigenvalue weighted by molar-refractivity contribution is -0.917. The monoisotopic (exact) mass is 525 g/mol. The van der Waals surface area contributed by atoms with Gasteiger partial charge >= 0.3 is 5.97 Å². The number of likely N-dealkylation sites (tertiary alicyclic amines) is 1. The van der Waals surface area contributed by atoms with Gasteiger partial charge < -0.3 is 36.0 Å². The molecular formula is C28H32BrNO4. The lowest BCUT2D eigenvalue weighted by Gasteiger charge is -2.41. The number of ether oxygens (including phenoxy) is 2. The molecule has 3 aromatic rings. The van der Waals surface area contributed by atoms with Crippen molar-refractivity contribution in [2.45, 2.75) is 24.5 Å². The summed E-state index contributed by atoms with van der Waals surface area (Å²) in [6.07, 6.45) is 1.49. The van der Waals surface area contributed by atoms with Crippen LogP contribution in [0.25, 0.3) is 0 Å². The minimum atomic E-state index is -1.85. The first-order valence-corrected chi connectivity index (χ1v) is 11.6. The molecule has 0 spiro atoms. The number of carbonyl (C=O) groups excluding carboxylic acids is 1. The second kappa shape index (κ2) is 11.6. The number of quaternary nitrogens is 1. The van der Waals surface area contributed by atoms with E-state index in [-0.39, 0.29) is 23.1 Å². The molecule has 180 valence electrons. The third-order valence-corrected chi connectivity index (χ3v) is 6.46. The van der Waals surface area contributed by atoms with Crippen LogP contribution in [0.3, 0.4) is 0 Å². The Kier molecular flexibility index (Phi) is 8.89. The van der Waals surface area contributed by atoms with Gasteiger partial charge in [0.1, 0.15) is 25.4 Å². The van der Waals surface area contributed by atoms with Crippen LogP contribution in [-0.4, -0.2) is 55.0 Å². The Hall–Kier alpha value is -2.67. The number of benzene rings is 3. The Labute approximate surface area is 212 Å². The van der Waals surface area contributed by atoms with Crippen molar-refractivity contribution in [3.05, 3.63) is 102 Å². The van der Waals surface area contributed by atoms with Gasteiger partial charge in [0.2, 0.25) is 5.60 Å². The zero-order chi connectivity index (χ0) is 23.2. The van der Waals surface area contributed by atoms with E-state index < -0.39 is 11.6 Å². The first-order valence-electron chi connectivity index (χ1n) is 11.6. The fourth-order valence-electron chi connectivity index (χ4n) is 4.57. The molecule has 1 N–H and O–H groups in total. The molecule has 1 saturated heterocycles. The average molecular weight is 526 g/mol. The van der Waals surface area contributed by atoms with Crippen LogP contribution < -0.4 is 21.7 Å². The van der Waals surface area contributed by atoms with Crippen LogP contribution in [0.15, 0.2) is 91.0 Å². The molecule has 1 aliphatic heterocycles. The molecule has 34 heavy (non-hydrogen) atoms. The summed E-state index contributed by atoms with van der Waals surface area (Å²) in [5, 5.41) is 11.7. The van der Waals surface area contributed by atoms with Gasteiger partial charge in [-0.1, -0.05) is 78.9 Å². The summed E-state index contributed by atoms with van der Waals surface area (Å²) in [5.41, 5.74) is -0.837. The molecule has 0 radical (unpaired) electrons. The van der Waals surface area contributed by atoms with Crippen molar-refractivity contribution in [3.8, 4) is 5.75 Å².